The number of fused-ring (bicyclic) bond motifs is 2. The number of hydrogen-bond acceptors (Lipinski definition) is 2. The Bertz CT molecular complexity index is 897. The second-order valence-corrected chi connectivity index (χ2v) is 5.39. The Morgan fingerprint density at radius 2 is 2.00 bits per heavy atom. The Morgan fingerprint density at radius 1 is 1.18 bits per heavy atom. The van der Waals surface area contributed by atoms with Crippen molar-refractivity contribution in [2.75, 3.05) is 0 Å². The van der Waals surface area contributed by atoms with Crippen LogP contribution in [0.15, 0.2) is 49.0 Å². The van der Waals surface area contributed by atoms with Crippen LogP contribution < -0.4 is 4.74 Å². The molecule has 0 spiro atoms. The maximum atomic E-state index is 11.3. The average molecular weight is 311 g/mol. The highest BCUT2D eigenvalue weighted by Gasteiger charge is 2.10. The first-order valence-electron chi connectivity index (χ1n) is 6.99. The SMILES string of the molecule is C=Cc1ccc(CCl)c2cc3c(OC(C)=O)cccc3cc12. The molecule has 0 fully saturated rings. The number of hydrogen-bond donors (Lipinski definition) is 0. The van der Waals surface area contributed by atoms with Gasteiger partial charge in [0.1, 0.15) is 5.75 Å². The number of benzene rings is 3. The number of carbonyl (C=O) groups is 1. The van der Waals surface area contributed by atoms with Gasteiger partial charge >= 0.3 is 5.97 Å². The van der Waals surface area contributed by atoms with Crippen LogP contribution in [0.1, 0.15) is 18.1 Å². The molecule has 0 unspecified atom stereocenters. The zero-order valence-electron chi connectivity index (χ0n) is 12.2. The molecular formula is C19H15ClO2. The highest BCUT2D eigenvalue weighted by molar-refractivity contribution is 6.18. The van der Waals surface area contributed by atoms with Gasteiger partial charge in [-0.15, -0.1) is 11.6 Å². The van der Waals surface area contributed by atoms with E-state index in [1.807, 2.05) is 36.4 Å². The fourth-order valence-corrected chi connectivity index (χ4v) is 2.94. The van der Waals surface area contributed by atoms with Crippen LogP contribution in [0.2, 0.25) is 0 Å². The molecule has 0 aliphatic rings. The van der Waals surface area contributed by atoms with Crippen molar-refractivity contribution < 1.29 is 9.53 Å². The molecule has 3 aromatic rings. The van der Waals surface area contributed by atoms with Crippen molar-refractivity contribution >= 4 is 45.2 Å². The zero-order chi connectivity index (χ0) is 15.7. The summed E-state index contributed by atoms with van der Waals surface area (Å²) in [4.78, 5) is 11.3. The van der Waals surface area contributed by atoms with Crippen molar-refractivity contribution in [3.8, 4) is 5.75 Å². The molecule has 110 valence electrons. The van der Waals surface area contributed by atoms with E-state index in [0.717, 1.165) is 32.7 Å². The third-order valence-electron chi connectivity index (χ3n) is 3.72. The first-order valence-corrected chi connectivity index (χ1v) is 7.52. The van der Waals surface area contributed by atoms with Crippen molar-refractivity contribution in [2.45, 2.75) is 12.8 Å². The lowest BCUT2D eigenvalue weighted by Crippen LogP contribution is -2.01. The van der Waals surface area contributed by atoms with Crippen molar-refractivity contribution in [3.63, 3.8) is 0 Å². The standard InChI is InChI=1S/C19H15ClO2/c1-3-13-7-8-15(11-20)17-10-18-14(9-16(13)17)5-4-6-19(18)22-12(2)21/h3-10H,1,11H2,2H3. The highest BCUT2D eigenvalue weighted by atomic mass is 35.5. The minimum absolute atomic E-state index is 0.329. The normalized spacial score (nSPS) is 10.8. The van der Waals surface area contributed by atoms with E-state index in [0.29, 0.717) is 11.6 Å². The molecule has 0 heterocycles. The van der Waals surface area contributed by atoms with Crippen molar-refractivity contribution in [1.29, 1.82) is 0 Å². The van der Waals surface area contributed by atoms with Gasteiger partial charge in [0.2, 0.25) is 0 Å². The van der Waals surface area contributed by atoms with Gasteiger partial charge in [0.05, 0.1) is 0 Å². The van der Waals surface area contributed by atoms with Crippen LogP contribution >= 0.6 is 11.6 Å². The van der Waals surface area contributed by atoms with Gasteiger partial charge in [-0.1, -0.05) is 36.9 Å². The van der Waals surface area contributed by atoms with Crippen LogP contribution in [0.5, 0.6) is 5.75 Å². The number of rotatable bonds is 3. The van der Waals surface area contributed by atoms with Gasteiger partial charge < -0.3 is 4.74 Å². The maximum absolute atomic E-state index is 11.3. The van der Waals surface area contributed by atoms with Gasteiger partial charge in [-0.3, -0.25) is 4.79 Å². The first-order chi connectivity index (χ1) is 10.6. The summed E-state index contributed by atoms with van der Waals surface area (Å²) in [5.74, 6) is 0.663. The van der Waals surface area contributed by atoms with Gasteiger partial charge in [0.25, 0.3) is 0 Å². The topological polar surface area (TPSA) is 26.3 Å². The van der Waals surface area contributed by atoms with Gasteiger partial charge in [0.15, 0.2) is 0 Å². The predicted molar refractivity (Wildman–Crippen MR) is 92.4 cm³/mol. The molecule has 2 nitrogen and oxygen atoms in total. The molecule has 0 amide bonds. The predicted octanol–water partition coefficient (Wildman–Crippen LogP) is 5.30. The largest absolute Gasteiger partial charge is 0.426 e. The minimum atomic E-state index is -0.329. The van der Waals surface area contributed by atoms with Gasteiger partial charge in [-0.25, -0.2) is 0 Å². The van der Waals surface area contributed by atoms with Crippen LogP contribution in [-0.2, 0) is 10.7 Å². The smallest absolute Gasteiger partial charge is 0.308 e. The van der Waals surface area contributed by atoms with Crippen LogP contribution in [0, 0.1) is 0 Å². The molecule has 0 saturated heterocycles. The summed E-state index contributed by atoms with van der Waals surface area (Å²) in [5, 5.41) is 4.07. The highest BCUT2D eigenvalue weighted by Crippen LogP contribution is 2.34. The molecule has 0 aliphatic heterocycles. The van der Waals surface area contributed by atoms with Gasteiger partial charge in [-0.05, 0) is 45.5 Å². The Hall–Kier alpha value is -2.32. The second kappa shape index (κ2) is 5.82. The van der Waals surface area contributed by atoms with Crippen molar-refractivity contribution in [3.05, 3.63) is 60.2 Å². The van der Waals surface area contributed by atoms with Crippen LogP contribution in [0.25, 0.3) is 27.6 Å². The second-order valence-electron chi connectivity index (χ2n) is 5.12. The van der Waals surface area contributed by atoms with E-state index in [4.69, 9.17) is 16.3 Å². The molecule has 0 radical (unpaired) electrons. The Morgan fingerprint density at radius 3 is 2.68 bits per heavy atom. The van der Waals surface area contributed by atoms with Gasteiger partial charge in [0, 0.05) is 18.2 Å². The summed E-state index contributed by atoms with van der Waals surface area (Å²) in [6.07, 6.45) is 1.84. The fraction of sp³-hybridized carbons (Fsp3) is 0.105. The molecule has 0 aliphatic carbocycles. The summed E-state index contributed by atoms with van der Waals surface area (Å²) in [7, 11) is 0. The summed E-state index contributed by atoms with van der Waals surface area (Å²) in [6, 6.07) is 13.8. The molecule has 0 bridgehead atoms. The Labute approximate surface area is 134 Å². The van der Waals surface area contributed by atoms with E-state index >= 15 is 0 Å². The molecule has 0 N–H and O–H groups in total. The Kier molecular flexibility index (Phi) is 3.86. The van der Waals surface area contributed by atoms with E-state index in [1.54, 1.807) is 6.07 Å². The van der Waals surface area contributed by atoms with Crippen molar-refractivity contribution in [2.24, 2.45) is 0 Å². The molecule has 3 heteroatoms. The lowest BCUT2D eigenvalue weighted by molar-refractivity contribution is -0.131. The molecular weight excluding hydrogens is 296 g/mol. The summed E-state index contributed by atoms with van der Waals surface area (Å²) >= 11 is 6.07. The van der Waals surface area contributed by atoms with E-state index in [1.165, 1.54) is 6.92 Å². The van der Waals surface area contributed by atoms with E-state index in [-0.39, 0.29) is 5.97 Å². The molecule has 0 aromatic heterocycles. The maximum Gasteiger partial charge on any atom is 0.308 e. The molecule has 0 saturated carbocycles. The summed E-state index contributed by atoms with van der Waals surface area (Å²) in [5.41, 5.74) is 2.10. The average Bonchev–Trinajstić information content (AvgIpc) is 2.52. The van der Waals surface area contributed by atoms with E-state index in [9.17, 15) is 4.79 Å². The number of carbonyl (C=O) groups excluding carboxylic acids is 1. The lowest BCUT2D eigenvalue weighted by atomic mass is 9.96. The molecule has 22 heavy (non-hydrogen) atoms. The van der Waals surface area contributed by atoms with Crippen LogP contribution in [0.4, 0.5) is 0 Å². The molecule has 3 aromatic carbocycles. The van der Waals surface area contributed by atoms with E-state index in [2.05, 4.69) is 12.6 Å². The molecule has 0 atom stereocenters. The number of halogens is 1. The summed E-state index contributed by atoms with van der Waals surface area (Å²) in [6.45, 7) is 5.27. The van der Waals surface area contributed by atoms with Crippen molar-refractivity contribution in [1.82, 2.24) is 0 Å². The van der Waals surface area contributed by atoms with Gasteiger partial charge in [-0.2, -0.15) is 0 Å². The monoisotopic (exact) mass is 310 g/mol. The third-order valence-corrected chi connectivity index (χ3v) is 4.01. The Balaban J connectivity index is 2.40. The lowest BCUT2D eigenvalue weighted by Gasteiger charge is -2.11. The van der Waals surface area contributed by atoms with Crippen LogP contribution in [-0.4, -0.2) is 5.97 Å². The quantitative estimate of drug-likeness (QED) is 0.284. The third kappa shape index (κ3) is 2.46. The fourth-order valence-electron chi connectivity index (χ4n) is 2.71. The first kappa shape index (κ1) is 14.6. The number of ether oxygens (including phenoxy) is 1. The van der Waals surface area contributed by atoms with E-state index < -0.39 is 0 Å². The van der Waals surface area contributed by atoms with Crippen LogP contribution in [0.3, 0.4) is 0 Å². The minimum Gasteiger partial charge on any atom is -0.426 e. The summed E-state index contributed by atoms with van der Waals surface area (Å²) < 4.78 is 5.31. The molecule has 3 rings (SSSR count). The zero-order valence-corrected chi connectivity index (χ0v) is 13.0. The number of esters is 1. The number of alkyl halides is 1.